The molecular formula is C23H24N4O. The van der Waals surface area contributed by atoms with Crippen LogP contribution in [0.4, 0.5) is 11.8 Å². The molecule has 28 heavy (non-hydrogen) atoms. The van der Waals surface area contributed by atoms with Crippen molar-refractivity contribution in [2.24, 2.45) is 0 Å². The van der Waals surface area contributed by atoms with Crippen molar-refractivity contribution in [1.29, 1.82) is 0 Å². The van der Waals surface area contributed by atoms with Gasteiger partial charge in [0.1, 0.15) is 5.82 Å². The highest BCUT2D eigenvalue weighted by atomic mass is 16.2. The van der Waals surface area contributed by atoms with Gasteiger partial charge < -0.3 is 5.32 Å². The Morgan fingerprint density at radius 1 is 1.07 bits per heavy atom. The van der Waals surface area contributed by atoms with Crippen LogP contribution >= 0.6 is 0 Å². The molecule has 1 fully saturated rings. The Bertz CT molecular complexity index is 930. The number of nitrogens with one attached hydrogen (secondary N) is 1. The number of hydrogen-bond donors (Lipinski definition) is 1. The number of nitrogens with zero attached hydrogens (tertiary/aromatic N) is 3. The fraction of sp³-hybridized carbons (Fsp3) is 0.261. The van der Waals surface area contributed by atoms with Crippen molar-refractivity contribution >= 4 is 17.7 Å². The van der Waals surface area contributed by atoms with Gasteiger partial charge in [-0.2, -0.15) is 4.98 Å². The van der Waals surface area contributed by atoms with Crippen LogP contribution in [0.1, 0.15) is 36.9 Å². The van der Waals surface area contributed by atoms with E-state index in [1.807, 2.05) is 47.4 Å². The summed E-state index contributed by atoms with van der Waals surface area (Å²) < 4.78 is 0. The van der Waals surface area contributed by atoms with Crippen LogP contribution in [0.15, 0.2) is 72.9 Å². The van der Waals surface area contributed by atoms with Crippen LogP contribution in [0.3, 0.4) is 0 Å². The molecule has 1 aromatic heterocycles. The van der Waals surface area contributed by atoms with Crippen LogP contribution < -0.4 is 10.2 Å². The van der Waals surface area contributed by atoms with E-state index in [1.165, 1.54) is 5.56 Å². The largest absolute Gasteiger partial charge is 0.348 e. The van der Waals surface area contributed by atoms with Crippen molar-refractivity contribution in [2.75, 3.05) is 10.2 Å². The molecule has 0 aliphatic carbocycles. The molecule has 142 valence electrons. The molecule has 1 aliphatic heterocycles. The molecule has 0 spiro atoms. The van der Waals surface area contributed by atoms with Crippen molar-refractivity contribution in [2.45, 2.75) is 38.3 Å². The number of carbonyl (C=O) groups excluding carboxylic acids is 1. The highest BCUT2D eigenvalue weighted by Crippen LogP contribution is 2.28. The molecule has 1 saturated heterocycles. The number of amides is 1. The van der Waals surface area contributed by atoms with E-state index in [4.69, 9.17) is 0 Å². The summed E-state index contributed by atoms with van der Waals surface area (Å²) in [6.07, 6.45) is 3.96. The molecule has 5 nitrogen and oxygen atoms in total. The Kier molecular flexibility index (Phi) is 5.33. The summed E-state index contributed by atoms with van der Waals surface area (Å²) in [5, 5.41) is 3.34. The minimum absolute atomic E-state index is 0.0749. The number of anilines is 2. The van der Waals surface area contributed by atoms with Gasteiger partial charge in [0.2, 0.25) is 11.9 Å². The lowest BCUT2D eigenvalue weighted by atomic mass is 10.0. The van der Waals surface area contributed by atoms with Crippen LogP contribution in [-0.2, 0) is 11.2 Å². The molecular weight excluding hydrogens is 348 g/mol. The van der Waals surface area contributed by atoms with E-state index in [0.29, 0.717) is 18.2 Å². The van der Waals surface area contributed by atoms with Crippen LogP contribution in [0.25, 0.3) is 0 Å². The number of carbonyl (C=O) groups is 1. The van der Waals surface area contributed by atoms with Gasteiger partial charge in [0.25, 0.3) is 0 Å². The second-order valence-corrected chi connectivity index (χ2v) is 7.16. The molecule has 2 atom stereocenters. The van der Waals surface area contributed by atoms with Gasteiger partial charge in [-0.15, -0.1) is 0 Å². The average Bonchev–Trinajstić information content (AvgIpc) is 3.09. The summed E-state index contributed by atoms with van der Waals surface area (Å²) in [7, 11) is 0. The highest BCUT2D eigenvalue weighted by molar-refractivity contribution is 5.95. The zero-order valence-electron chi connectivity index (χ0n) is 16.0. The smallest absolute Gasteiger partial charge is 0.228 e. The Morgan fingerprint density at radius 3 is 2.54 bits per heavy atom. The molecule has 1 unspecified atom stereocenters. The van der Waals surface area contributed by atoms with Crippen molar-refractivity contribution in [3.8, 4) is 0 Å². The van der Waals surface area contributed by atoms with Gasteiger partial charge in [-0.1, -0.05) is 60.7 Å². The lowest BCUT2D eigenvalue weighted by Crippen LogP contribution is -2.35. The van der Waals surface area contributed by atoms with Gasteiger partial charge in [-0.05, 0) is 37.0 Å². The standard InChI is InChI=1S/C23H24N4O/c1-17(19-10-6-3-7-11-19)25-23-24-15-14-21(26-23)27-20(12-13-22(27)28)16-18-8-4-2-5-9-18/h2-11,14-15,17,20H,12-13,16H2,1H3,(H,24,25,26)/t17-,20?/m0/s1. The van der Waals surface area contributed by atoms with Crippen LogP contribution in [0.2, 0.25) is 0 Å². The van der Waals surface area contributed by atoms with Crippen molar-refractivity contribution in [1.82, 2.24) is 9.97 Å². The van der Waals surface area contributed by atoms with Gasteiger partial charge in [-0.3, -0.25) is 9.69 Å². The predicted octanol–water partition coefficient (Wildman–Crippen LogP) is 4.39. The average molecular weight is 372 g/mol. The topological polar surface area (TPSA) is 58.1 Å². The van der Waals surface area contributed by atoms with Gasteiger partial charge in [0, 0.05) is 18.7 Å². The molecule has 4 rings (SSSR count). The maximum atomic E-state index is 12.6. The van der Waals surface area contributed by atoms with E-state index >= 15 is 0 Å². The first-order valence-corrected chi connectivity index (χ1v) is 9.71. The van der Waals surface area contributed by atoms with Crippen LogP contribution in [0.5, 0.6) is 0 Å². The van der Waals surface area contributed by atoms with Gasteiger partial charge in [0.15, 0.2) is 0 Å². The van der Waals surface area contributed by atoms with E-state index < -0.39 is 0 Å². The first-order chi connectivity index (χ1) is 13.7. The third-order valence-corrected chi connectivity index (χ3v) is 5.17. The number of aromatic nitrogens is 2. The zero-order chi connectivity index (χ0) is 19.3. The predicted molar refractivity (Wildman–Crippen MR) is 111 cm³/mol. The molecule has 2 heterocycles. The SMILES string of the molecule is C[C@H](Nc1nccc(N2C(=O)CCC2Cc2ccccc2)n1)c1ccccc1. The summed E-state index contributed by atoms with van der Waals surface area (Å²) in [5.74, 6) is 1.33. The molecule has 0 saturated carbocycles. The van der Waals surface area contributed by atoms with Gasteiger partial charge >= 0.3 is 0 Å². The zero-order valence-corrected chi connectivity index (χ0v) is 16.0. The van der Waals surface area contributed by atoms with E-state index in [0.717, 1.165) is 18.4 Å². The van der Waals surface area contributed by atoms with Crippen molar-refractivity contribution in [3.63, 3.8) is 0 Å². The quantitative estimate of drug-likeness (QED) is 0.697. The molecule has 2 aromatic carbocycles. The third-order valence-electron chi connectivity index (χ3n) is 5.17. The maximum Gasteiger partial charge on any atom is 0.228 e. The molecule has 0 radical (unpaired) electrons. The minimum atomic E-state index is 0.0749. The molecule has 3 aromatic rings. The fourth-order valence-electron chi connectivity index (χ4n) is 3.71. The van der Waals surface area contributed by atoms with E-state index in [2.05, 4.69) is 46.5 Å². The van der Waals surface area contributed by atoms with Crippen LogP contribution in [0, 0.1) is 0 Å². The van der Waals surface area contributed by atoms with Crippen molar-refractivity contribution in [3.05, 3.63) is 84.1 Å². The molecule has 0 bridgehead atoms. The van der Waals surface area contributed by atoms with E-state index in [-0.39, 0.29) is 18.0 Å². The summed E-state index contributed by atoms with van der Waals surface area (Å²) in [6.45, 7) is 2.07. The van der Waals surface area contributed by atoms with Crippen molar-refractivity contribution < 1.29 is 4.79 Å². The molecule has 5 heteroatoms. The Balaban J connectivity index is 1.53. The lowest BCUT2D eigenvalue weighted by Gasteiger charge is -2.24. The third kappa shape index (κ3) is 4.03. The van der Waals surface area contributed by atoms with Gasteiger partial charge in [0.05, 0.1) is 6.04 Å². The fourth-order valence-corrected chi connectivity index (χ4v) is 3.71. The second kappa shape index (κ2) is 8.21. The van der Waals surface area contributed by atoms with E-state index in [9.17, 15) is 4.79 Å². The van der Waals surface area contributed by atoms with Crippen LogP contribution in [-0.4, -0.2) is 21.9 Å². The number of hydrogen-bond acceptors (Lipinski definition) is 4. The van der Waals surface area contributed by atoms with E-state index in [1.54, 1.807) is 6.20 Å². The molecule has 1 amide bonds. The lowest BCUT2D eigenvalue weighted by molar-refractivity contribution is -0.117. The summed E-state index contributed by atoms with van der Waals surface area (Å²) in [4.78, 5) is 23.4. The normalized spacial score (nSPS) is 17.5. The first-order valence-electron chi connectivity index (χ1n) is 9.71. The molecule has 1 N–H and O–H groups in total. The molecule has 1 aliphatic rings. The highest BCUT2D eigenvalue weighted by Gasteiger charge is 2.33. The number of rotatable bonds is 6. The summed E-state index contributed by atoms with van der Waals surface area (Å²) >= 11 is 0. The summed E-state index contributed by atoms with van der Waals surface area (Å²) in [6, 6.07) is 22.5. The maximum absolute atomic E-state index is 12.6. The Hall–Kier alpha value is -3.21. The second-order valence-electron chi connectivity index (χ2n) is 7.16. The Morgan fingerprint density at radius 2 is 1.79 bits per heavy atom. The summed E-state index contributed by atoms with van der Waals surface area (Å²) in [5.41, 5.74) is 2.40. The monoisotopic (exact) mass is 372 g/mol. The number of benzene rings is 2. The minimum Gasteiger partial charge on any atom is -0.348 e. The first kappa shape index (κ1) is 18.2. The Labute approximate surface area is 165 Å². The van der Waals surface area contributed by atoms with Gasteiger partial charge in [-0.25, -0.2) is 4.98 Å².